The zero-order valence-corrected chi connectivity index (χ0v) is 14.5. The smallest absolute Gasteiger partial charge is 0.450 e. The summed E-state index contributed by atoms with van der Waals surface area (Å²) in [4.78, 5) is 36.9. The van der Waals surface area contributed by atoms with Crippen molar-refractivity contribution in [3.05, 3.63) is 0 Å². The van der Waals surface area contributed by atoms with E-state index in [0.29, 0.717) is 24.5 Å². The van der Waals surface area contributed by atoms with Crippen molar-refractivity contribution >= 4 is 28.9 Å². The molecular weight excluding hydrogens is 318 g/mol. The van der Waals surface area contributed by atoms with Gasteiger partial charge in [0.1, 0.15) is 0 Å². The van der Waals surface area contributed by atoms with Gasteiger partial charge in [-0.3, -0.25) is 9.59 Å². The Labute approximate surface area is 140 Å². The summed E-state index contributed by atoms with van der Waals surface area (Å²) in [5.41, 5.74) is 0. The van der Waals surface area contributed by atoms with Crippen molar-refractivity contribution < 1.29 is 24.2 Å². The Bertz CT molecular complexity index is 469. The van der Waals surface area contributed by atoms with E-state index >= 15 is 0 Å². The second-order valence-electron chi connectivity index (χ2n) is 6.37. The van der Waals surface area contributed by atoms with Gasteiger partial charge in [-0.1, -0.05) is 38.5 Å². The third-order valence-electron chi connectivity index (χ3n) is 4.74. The van der Waals surface area contributed by atoms with Crippen LogP contribution in [0.5, 0.6) is 0 Å². The van der Waals surface area contributed by atoms with Crippen LogP contribution < -0.4 is 0 Å². The van der Waals surface area contributed by atoms with Crippen molar-refractivity contribution in [1.29, 1.82) is 0 Å². The normalized spacial score (nSPS) is 28.1. The molecule has 1 aliphatic carbocycles. The van der Waals surface area contributed by atoms with Gasteiger partial charge < -0.3 is 14.7 Å². The molecule has 0 bridgehead atoms. The molecule has 0 radical (unpaired) electrons. The van der Waals surface area contributed by atoms with Crippen LogP contribution in [0.15, 0.2) is 0 Å². The minimum absolute atomic E-state index is 0.0694. The van der Waals surface area contributed by atoms with Crippen LogP contribution in [0.2, 0.25) is 0 Å². The van der Waals surface area contributed by atoms with Crippen molar-refractivity contribution in [3.63, 3.8) is 0 Å². The molecule has 1 heterocycles. The summed E-state index contributed by atoms with van der Waals surface area (Å²) in [6.07, 6.45) is 3.13. The third kappa shape index (κ3) is 4.40. The van der Waals surface area contributed by atoms with E-state index in [1.807, 2.05) is 0 Å². The van der Waals surface area contributed by atoms with E-state index in [2.05, 4.69) is 0 Å². The highest BCUT2D eigenvalue weighted by Crippen LogP contribution is 2.41. The van der Waals surface area contributed by atoms with Gasteiger partial charge in [-0.15, -0.1) is 0 Å². The van der Waals surface area contributed by atoms with E-state index in [1.165, 1.54) is 11.8 Å². The summed E-state index contributed by atoms with van der Waals surface area (Å²) < 4.78 is 4.98. The van der Waals surface area contributed by atoms with Gasteiger partial charge in [0.15, 0.2) is 11.3 Å². The Kier molecular flexibility index (Phi) is 6.33. The molecule has 4 atom stereocenters. The molecule has 2 aliphatic rings. The number of thioether (sulfide) groups is 1. The lowest BCUT2D eigenvalue weighted by molar-refractivity contribution is -0.145. The number of ether oxygens (including phenoxy) is 1. The largest absolute Gasteiger partial charge is 0.507 e. The number of nitrogens with zero attached hydrogens (tertiary/aromatic N) is 1. The molecule has 1 saturated heterocycles. The van der Waals surface area contributed by atoms with E-state index in [0.717, 1.165) is 25.7 Å². The predicted octanol–water partition coefficient (Wildman–Crippen LogP) is 3.10. The molecule has 7 heteroatoms. The van der Waals surface area contributed by atoms with Gasteiger partial charge in [-0.25, -0.2) is 4.79 Å². The molecule has 0 aromatic rings. The first-order valence-electron chi connectivity index (χ1n) is 8.31. The first-order valence-corrected chi connectivity index (χ1v) is 9.30. The molecule has 0 spiro atoms. The minimum atomic E-state index is -1.34. The highest BCUT2D eigenvalue weighted by Gasteiger charge is 2.47. The molecule has 1 saturated carbocycles. The molecule has 130 valence electrons. The first-order chi connectivity index (χ1) is 10.9. The average molecular weight is 343 g/mol. The fourth-order valence-electron chi connectivity index (χ4n) is 3.59. The molecule has 4 unspecified atom stereocenters. The standard InChI is InChI=1S/C16H25NO5S/c1-3-14(18)23-9-10(2)15(19)17-12-7-5-4-6-11(12)8-13(17)22-16(20)21/h10-13H,3-9H2,1-2H3,(H,20,21). The zero-order valence-electron chi connectivity index (χ0n) is 13.7. The van der Waals surface area contributed by atoms with Crippen LogP contribution in [0.4, 0.5) is 4.79 Å². The van der Waals surface area contributed by atoms with Crippen LogP contribution in [0.25, 0.3) is 0 Å². The molecule has 1 aliphatic heterocycles. The fraction of sp³-hybridized carbons (Fsp3) is 0.812. The van der Waals surface area contributed by atoms with Crippen molar-refractivity contribution in [2.75, 3.05) is 5.75 Å². The van der Waals surface area contributed by atoms with E-state index in [1.54, 1.807) is 18.7 Å². The van der Waals surface area contributed by atoms with Crippen LogP contribution in [-0.2, 0) is 14.3 Å². The highest BCUT2D eigenvalue weighted by molar-refractivity contribution is 8.13. The lowest BCUT2D eigenvalue weighted by atomic mass is 9.85. The van der Waals surface area contributed by atoms with E-state index in [4.69, 9.17) is 9.84 Å². The maximum atomic E-state index is 12.8. The number of hydrogen-bond donors (Lipinski definition) is 1. The van der Waals surface area contributed by atoms with E-state index in [-0.39, 0.29) is 23.0 Å². The van der Waals surface area contributed by atoms with Gasteiger partial charge in [0, 0.05) is 30.6 Å². The average Bonchev–Trinajstić information content (AvgIpc) is 2.88. The molecular formula is C16H25NO5S. The van der Waals surface area contributed by atoms with Crippen molar-refractivity contribution in [2.24, 2.45) is 11.8 Å². The maximum absolute atomic E-state index is 12.8. The summed E-state index contributed by atoms with van der Waals surface area (Å²) in [5, 5.41) is 9.01. The van der Waals surface area contributed by atoms with E-state index in [9.17, 15) is 14.4 Å². The number of hydrogen-bond acceptors (Lipinski definition) is 5. The Balaban J connectivity index is 2.06. The van der Waals surface area contributed by atoms with Gasteiger partial charge in [0.25, 0.3) is 0 Å². The van der Waals surface area contributed by atoms with Crippen LogP contribution >= 0.6 is 11.8 Å². The molecule has 6 nitrogen and oxygen atoms in total. The summed E-state index contributed by atoms with van der Waals surface area (Å²) in [6, 6.07) is 0.0786. The molecule has 2 rings (SSSR count). The molecule has 1 N–H and O–H groups in total. The Morgan fingerprint density at radius 3 is 2.65 bits per heavy atom. The first kappa shape index (κ1) is 18.1. The maximum Gasteiger partial charge on any atom is 0.507 e. The molecule has 1 amide bonds. The minimum Gasteiger partial charge on any atom is -0.450 e. The SMILES string of the molecule is CCC(=O)SCC(C)C(=O)N1C(OC(=O)O)CC2CCCCC21. The van der Waals surface area contributed by atoms with Crippen molar-refractivity contribution in [2.45, 2.75) is 64.6 Å². The molecule has 0 aromatic heterocycles. The molecule has 0 aromatic carbocycles. The van der Waals surface area contributed by atoms with Gasteiger partial charge >= 0.3 is 6.16 Å². The van der Waals surface area contributed by atoms with E-state index < -0.39 is 12.4 Å². The summed E-state index contributed by atoms with van der Waals surface area (Å²) in [6.45, 7) is 3.60. The number of amides is 1. The Morgan fingerprint density at radius 1 is 1.30 bits per heavy atom. The van der Waals surface area contributed by atoms with Crippen LogP contribution in [0, 0.1) is 11.8 Å². The second kappa shape index (κ2) is 8.04. The van der Waals surface area contributed by atoms with Gasteiger partial charge in [0.2, 0.25) is 5.91 Å². The molecule has 23 heavy (non-hydrogen) atoms. The van der Waals surface area contributed by atoms with Crippen LogP contribution in [-0.4, -0.2) is 45.2 Å². The Hall–Kier alpha value is -1.24. The predicted molar refractivity (Wildman–Crippen MR) is 87.0 cm³/mol. The monoisotopic (exact) mass is 343 g/mol. The lowest BCUT2D eigenvalue weighted by Crippen LogP contribution is -2.47. The van der Waals surface area contributed by atoms with Crippen LogP contribution in [0.1, 0.15) is 52.4 Å². The van der Waals surface area contributed by atoms with Crippen LogP contribution in [0.3, 0.4) is 0 Å². The lowest BCUT2D eigenvalue weighted by Gasteiger charge is -2.34. The Morgan fingerprint density at radius 2 is 2.00 bits per heavy atom. The zero-order chi connectivity index (χ0) is 17.0. The summed E-state index contributed by atoms with van der Waals surface area (Å²) >= 11 is 1.17. The van der Waals surface area contributed by atoms with Crippen molar-refractivity contribution in [3.8, 4) is 0 Å². The van der Waals surface area contributed by atoms with Gasteiger partial charge in [0.05, 0.1) is 0 Å². The summed E-state index contributed by atoms with van der Waals surface area (Å²) in [7, 11) is 0. The number of likely N-dealkylation sites (tertiary alicyclic amines) is 1. The number of rotatable bonds is 5. The summed E-state index contributed by atoms with van der Waals surface area (Å²) in [5.74, 6) is 0.339. The number of carbonyl (C=O) groups is 3. The fourth-order valence-corrected chi connectivity index (χ4v) is 4.37. The number of carbonyl (C=O) groups excluding carboxylic acids is 2. The number of fused-ring (bicyclic) bond motifs is 1. The quantitative estimate of drug-likeness (QED) is 0.772. The highest BCUT2D eigenvalue weighted by atomic mass is 32.2. The van der Waals surface area contributed by atoms with Crippen molar-refractivity contribution in [1.82, 2.24) is 4.90 Å². The second-order valence-corrected chi connectivity index (χ2v) is 7.45. The topological polar surface area (TPSA) is 83.9 Å². The van der Waals surface area contributed by atoms with Gasteiger partial charge in [-0.05, 0) is 18.8 Å². The third-order valence-corrected chi connectivity index (χ3v) is 6.01. The van der Waals surface area contributed by atoms with Gasteiger partial charge in [-0.2, -0.15) is 0 Å². The number of carboxylic acid groups (broad SMARTS) is 1. The molecule has 2 fully saturated rings.